The molecule has 9 aromatic rings. The Morgan fingerprint density at radius 3 is 2.00 bits per heavy atom. The molecule has 0 amide bonds. The summed E-state index contributed by atoms with van der Waals surface area (Å²) in [6.45, 7) is 0. The first-order valence-corrected chi connectivity index (χ1v) is 17.9. The molecule has 2 nitrogen and oxygen atoms in total. The molecule has 0 saturated heterocycles. The molecule has 0 spiro atoms. The quantitative estimate of drug-likeness (QED) is 0.0997. The van der Waals surface area contributed by atoms with Crippen LogP contribution >= 0.6 is 11.3 Å². The van der Waals surface area contributed by atoms with Gasteiger partial charge in [-0.1, -0.05) is 164 Å². The zero-order valence-electron chi connectivity index (χ0n) is 27.8. The third kappa shape index (κ3) is 5.64. The van der Waals surface area contributed by atoms with Crippen molar-refractivity contribution in [2.45, 2.75) is 0 Å². The number of aliphatic imine (C=N–C) groups is 1. The molecule has 0 unspecified atom stereocenters. The molecule has 8 aromatic carbocycles. The molecule has 0 bridgehead atoms. The van der Waals surface area contributed by atoms with E-state index >= 15 is 0 Å². The Bertz CT molecular complexity index is 2780. The molecule has 1 N–H and O–H groups in total. The standard InChI is InChI=1S/C48H32N2S/c49-42(37-22-10-11-23-38(37)45-29-35-20-8-14-26-44(35)51-45)30-43(50-31-32-15-3-1-4-16-32)47-40-25-13-12-24-39(40)46(34-18-5-2-6-19-34)48-36-21-9-7-17-33(36)27-28-41(47)48/h1-31,49H/b43-30-,49-42?,50-31?. The van der Waals surface area contributed by atoms with Crippen LogP contribution in [0, 0.1) is 5.41 Å². The SMILES string of the molecule is N=C(/C=C(\N=Cc1ccccc1)c1c2ccccc2c(-c2ccccc2)c2c1ccc1ccccc12)c1ccccc1-c1cc2ccccc2s1. The second kappa shape index (κ2) is 13.1. The molecule has 0 atom stereocenters. The zero-order valence-corrected chi connectivity index (χ0v) is 28.6. The van der Waals surface area contributed by atoms with Crippen molar-refractivity contribution in [1.29, 1.82) is 5.41 Å². The topological polar surface area (TPSA) is 36.2 Å². The van der Waals surface area contributed by atoms with E-state index in [1.807, 2.05) is 36.6 Å². The molecule has 9 rings (SSSR count). The first-order valence-electron chi connectivity index (χ1n) is 17.1. The van der Waals surface area contributed by atoms with Gasteiger partial charge < -0.3 is 5.41 Å². The summed E-state index contributed by atoms with van der Waals surface area (Å²) in [4.78, 5) is 6.39. The summed E-state index contributed by atoms with van der Waals surface area (Å²) in [6.07, 6.45) is 3.88. The summed E-state index contributed by atoms with van der Waals surface area (Å²) in [7, 11) is 0. The Morgan fingerprint density at radius 2 is 1.20 bits per heavy atom. The average Bonchev–Trinajstić information content (AvgIpc) is 3.64. The van der Waals surface area contributed by atoms with Gasteiger partial charge in [-0.25, -0.2) is 0 Å². The van der Waals surface area contributed by atoms with Crippen LogP contribution < -0.4 is 0 Å². The van der Waals surface area contributed by atoms with Gasteiger partial charge in [-0.2, -0.15) is 0 Å². The third-order valence-corrected chi connectivity index (χ3v) is 10.7. The Labute approximate surface area is 300 Å². The molecule has 1 heterocycles. The van der Waals surface area contributed by atoms with E-state index in [1.54, 1.807) is 11.3 Å². The van der Waals surface area contributed by atoms with Crippen molar-refractivity contribution in [2.24, 2.45) is 4.99 Å². The van der Waals surface area contributed by atoms with Gasteiger partial charge in [0.2, 0.25) is 0 Å². The molecule has 0 aliphatic rings. The first kappa shape index (κ1) is 30.6. The number of hydrogen-bond acceptors (Lipinski definition) is 3. The van der Waals surface area contributed by atoms with E-state index in [1.165, 1.54) is 37.4 Å². The molecule has 0 saturated carbocycles. The highest BCUT2D eigenvalue weighted by molar-refractivity contribution is 7.22. The molecular weight excluding hydrogens is 637 g/mol. The van der Waals surface area contributed by atoms with Crippen LogP contribution in [0.5, 0.6) is 0 Å². The van der Waals surface area contributed by atoms with E-state index in [9.17, 15) is 5.41 Å². The maximum absolute atomic E-state index is 9.70. The number of hydrogen-bond donors (Lipinski definition) is 1. The van der Waals surface area contributed by atoms with Crippen molar-refractivity contribution in [2.75, 3.05) is 0 Å². The molecule has 0 fully saturated rings. The Hall–Kier alpha value is -6.42. The Kier molecular flexibility index (Phi) is 7.88. The second-order valence-corrected chi connectivity index (χ2v) is 13.8. The molecular formula is C48H32N2S. The summed E-state index contributed by atoms with van der Waals surface area (Å²) < 4.78 is 1.24. The molecule has 240 valence electrons. The number of rotatable bonds is 7. The van der Waals surface area contributed by atoms with Crippen molar-refractivity contribution in [1.82, 2.24) is 0 Å². The fourth-order valence-electron chi connectivity index (χ4n) is 7.25. The minimum atomic E-state index is 0.411. The molecule has 0 aliphatic heterocycles. The lowest BCUT2D eigenvalue weighted by molar-refractivity contribution is 1.48. The third-order valence-electron chi connectivity index (χ3n) is 9.57. The molecule has 1 aromatic heterocycles. The number of benzene rings is 8. The van der Waals surface area contributed by atoms with Gasteiger partial charge in [0.1, 0.15) is 0 Å². The summed E-state index contributed by atoms with van der Waals surface area (Å²) in [5, 5.41) is 17.8. The van der Waals surface area contributed by atoms with Gasteiger partial charge in [0.15, 0.2) is 0 Å². The van der Waals surface area contributed by atoms with E-state index in [0.29, 0.717) is 5.71 Å². The van der Waals surface area contributed by atoms with Gasteiger partial charge in [0, 0.05) is 32.5 Å². The monoisotopic (exact) mass is 668 g/mol. The van der Waals surface area contributed by atoms with E-state index < -0.39 is 0 Å². The number of nitrogens with zero attached hydrogens (tertiary/aromatic N) is 1. The smallest absolute Gasteiger partial charge is 0.0736 e. The highest BCUT2D eigenvalue weighted by Gasteiger charge is 2.20. The summed E-state index contributed by atoms with van der Waals surface area (Å²) >= 11 is 1.76. The number of thiophene rings is 1. The molecule has 3 heteroatoms. The van der Waals surface area contributed by atoms with Crippen LogP contribution in [0.1, 0.15) is 16.7 Å². The van der Waals surface area contributed by atoms with Crippen LogP contribution in [0.25, 0.3) is 69.7 Å². The van der Waals surface area contributed by atoms with Crippen molar-refractivity contribution >= 4 is 71.4 Å². The molecule has 0 radical (unpaired) electrons. The van der Waals surface area contributed by atoms with E-state index in [-0.39, 0.29) is 0 Å². The summed E-state index contributed by atoms with van der Waals surface area (Å²) in [5.41, 5.74) is 7.47. The van der Waals surface area contributed by atoms with Crippen LogP contribution in [0.2, 0.25) is 0 Å². The van der Waals surface area contributed by atoms with Crippen LogP contribution in [-0.2, 0) is 0 Å². The lowest BCUT2D eigenvalue weighted by Crippen LogP contribution is -2.00. The Morgan fingerprint density at radius 1 is 0.549 bits per heavy atom. The largest absolute Gasteiger partial charge is 0.300 e. The summed E-state index contributed by atoms with van der Waals surface area (Å²) in [6, 6.07) is 61.6. The number of fused-ring (bicyclic) bond motifs is 5. The highest BCUT2D eigenvalue weighted by Crippen LogP contribution is 2.45. The van der Waals surface area contributed by atoms with Crippen molar-refractivity contribution in [3.05, 3.63) is 199 Å². The van der Waals surface area contributed by atoms with Gasteiger partial charge >= 0.3 is 0 Å². The predicted octanol–water partition coefficient (Wildman–Crippen LogP) is 13.2. The molecule has 0 aliphatic carbocycles. The number of nitrogens with one attached hydrogen (secondary N) is 1. The molecule has 51 heavy (non-hydrogen) atoms. The fraction of sp³-hybridized carbons (Fsp3) is 0. The lowest BCUT2D eigenvalue weighted by Gasteiger charge is -2.19. The van der Waals surface area contributed by atoms with Crippen LogP contribution in [0.4, 0.5) is 0 Å². The van der Waals surface area contributed by atoms with Crippen LogP contribution in [0.15, 0.2) is 187 Å². The van der Waals surface area contributed by atoms with Gasteiger partial charge in [-0.05, 0) is 72.6 Å². The van der Waals surface area contributed by atoms with Gasteiger partial charge in [0.25, 0.3) is 0 Å². The van der Waals surface area contributed by atoms with Gasteiger partial charge in [0.05, 0.1) is 11.4 Å². The average molecular weight is 669 g/mol. The minimum Gasteiger partial charge on any atom is -0.300 e. The van der Waals surface area contributed by atoms with E-state index in [4.69, 9.17) is 4.99 Å². The maximum atomic E-state index is 9.70. The lowest BCUT2D eigenvalue weighted by atomic mass is 9.85. The van der Waals surface area contributed by atoms with Crippen molar-refractivity contribution in [3.63, 3.8) is 0 Å². The Balaban J connectivity index is 1.34. The number of allylic oxidation sites excluding steroid dienone is 1. The van der Waals surface area contributed by atoms with Crippen molar-refractivity contribution < 1.29 is 0 Å². The fourth-order valence-corrected chi connectivity index (χ4v) is 8.35. The minimum absolute atomic E-state index is 0.411. The predicted molar refractivity (Wildman–Crippen MR) is 220 cm³/mol. The van der Waals surface area contributed by atoms with E-state index in [0.717, 1.165) is 49.0 Å². The van der Waals surface area contributed by atoms with Gasteiger partial charge in [-0.3, -0.25) is 4.99 Å². The highest BCUT2D eigenvalue weighted by atomic mass is 32.1. The maximum Gasteiger partial charge on any atom is 0.0736 e. The first-order chi connectivity index (χ1) is 25.2. The van der Waals surface area contributed by atoms with Crippen molar-refractivity contribution in [3.8, 4) is 21.6 Å². The normalized spacial score (nSPS) is 12.0. The van der Waals surface area contributed by atoms with Crippen LogP contribution in [-0.4, -0.2) is 11.9 Å². The summed E-state index contributed by atoms with van der Waals surface area (Å²) in [5.74, 6) is 0. The van der Waals surface area contributed by atoms with Crippen LogP contribution in [0.3, 0.4) is 0 Å². The zero-order chi connectivity index (χ0) is 34.1. The second-order valence-electron chi connectivity index (χ2n) is 12.7. The van der Waals surface area contributed by atoms with E-state index in [2.05, 4.69) is 152 Å². The van der Waals surface area contributed by atoms with Gasteiger partial charge in [-0.15, -0.1) is 11.3 Å².